The Balaban J connectivity index is 2.02. The minimum absolute atomic E-state index is 0.287. The smallest absolute Gasteiger partial charge is 0.133 e. The highest BCUT2D eigenvalue weighted by Gasteiger charge is 2.18. The highest BCUT2D eigenvalue weighted by Crippen LogP contribution is 2.28. The van der Waals surface area contributed by atoms with Crippen molar-refractivity contribution >= 4 is 15.9 Å². The zero-order chi connectivity index (χ0) is 12.3. The Labute approximate surface area is 110 Å². The number of ether oxygens (including phenoxy) is 1. The standard InChI is InChI=1S/C13H15BrN2O/c1-16-6-4-11(5-7-16)17-13-3-2-10(9-15)8-12(13)14/h2-3,8,11H,4-7H2,1H3. The molecule has 1 saturated heterocycles. The number of hydrogen-bond donors (Lipinski definition) is 0. The van der Waals surface area contributed by atoms with Gasteiger partial charge < -0.3 is 9.64 Å². The van der Waals surface area contributed by atoms with E-state index in [2.05, 4.69) is 33.9 Å². The molecule has 4 heteroatoms. The third-order valence-electron chi connectivity index (χ3n) is 3.02. The van der Waals surface area contributed by atoms with Crippen molar-refractivity contribution in [3.8, 4) is 11.8 Å². The van der Waals surface area contributed by atoms with Crippen LogP contribution in [0.25, 0.3) is 0 Å². The SMILES string of the molecule is CN1CCC(Oc2ccc(C#N)cc2Br)CC1. The summed E-state index contributed by atoms with van der Waals surface area (Å²) in [5.41, 5.74) is 0.646. The molecular weight excluding hydrogens is 280 g/mol. The molecule has 1 fully saturated rings. The van der Waals surface area contributed by atoms with E-state index in [1.807, 2.05) is 6.07 Å². The van der Waals surface area contributed by atoms with Crippen LogP contribution in [0.1, 0.15) is 18.4 Å². The van der Waals surface area contributed by atoms with Gasteiger partial charge >= 0.3 is 0 Å². The molecule has 17 heavy (non-hydrogen) atoms. The van der Waals surface area contributed by atoms with Crippen LogP contribution in [0.15, 0.2) is 22.7 Å². The number of likely N-dealkylation sites (tertiary alicyclic amines) is 1. The molecule has 1 aliphatic rings. The van der Waals surface area contributed by atoms with Crippen molar-refractivity contribution in [2.45, 2.75) is 18.9 Å². The molecule has 0 aliphatic carbocycles. The van der Waals surface area contributed by atoms with Gasteiger partial charge in [0.05, 0.1) is 16.1 Å². The Kier molecular flexibility index (Phi) is 4.03. The predicted octanol–water partition coefficient (Wildman–Crippen LogP) is 2.79. The topological polar surface area (TPSA) is 36.3 Å². The molecule has 2 rings (SSSR count). The van der Waals surface area contributed by atoms with E-state index in [1.165, 1.54) is 0 Å². The molecular formula is C13H15BrN2O. The third-order valence-corrected chi connectivity index (χ3v) is 3.64. The Hall–Kier alpha value is -1.05. The monoisotopic (exact) mass is 294 g/mol. The summed E-state index contributed by atoms with van der Waals surface area (Å²) in [5.74, 6) is 0.832. The number of halogens is 1. The van der Waals surface area contributed by atoms with Crippen molar-refractivity contribution in [1.82, 2.24) is 4.90 Å². The second-order valence-electron chi connectivity index (χ2n) is 4.38. The van der Waals surface area contributed by atoms with E-state index in [0.717, 1.165) is 36.2 Å². The average molecular weight is 295 g/mol. The highest BCUT2D eigenvalue weighted by molar-refractivity contribution is 9.10. The van der Waals surface area contributed by atoms with Crippen molar-refractivity contribution in [1.29, 1.82) is 5.26 Å². The predicted molar refractivity (Wildman–Crippen MR) is 70.0 cm³/mol. The van der Waals surface area contributed by atoms with Crippen molar-refractivity contribution < 1.29 is 4.74 Å². The maximum Gasteiger partial charge on any atom is 0.133 e. The van der Waals surface area contributed by atoms with E-state index in [-0.39, 0.29) is 6.10 Å². The highest BCUT2D eigenvalue weighted by atomic mass is 79.9. The quantitative estimate of drug-likeness (QED) is 0.841. The number of nitrogens with zero attached hydrogens (tertiary/aromatic N) is 2. The van der Waals surface area contributed by atoms with Crippen LogP contribution >= 0.6 is 15.9 Å². The molecule has 0 saturated carbocycles. The first-order valence-corrected chi connectivity index (χ1v) is 6.53. The second-order valence-corrected chi connectivity index (χ2v) is 5.23. The van der Waals surface area contributed by atoms with Crippen LogP contribution in [-0.4, -0.2) is 31.1 Å². The minimum atomic E-state index is 0.287. The van der Waals surface area contributed by atoms with Gasteiger partial charge in [0.15, 0.2) is 0 Å². The molecule has 0 atom stereocenters. The maximum atomic E-state index is 8.79. The van der Waals surface area contributed by atoms with Gasteiger partial charge in [-0.1, -0.05) is 0 Å². The number of piperidine rings is 1. The molecule has 0 amide bonds. The van der Waals surface area contributed by atoms with Gasteiger partial charge in [0.1, 0.15) is 11.9 Å². The van der Waals surface area contributed by atoms with E-state index in [9.17, 15) is 0 Å². The molecule has 0 spiro atoms. The Bertz CT molecular complexity index is 434. The van der Waals surface area contributed by atoms with Crippen molar-refractivity contribution in [3.05, 3.63) is 28.2 Å². The number of nitriles is 1. The molecule has 0 N–H and O–H groups in total. The van der Waals surface area contributed by atoms with Crippen molar-refractivity contribution in [2.24, 2.45) is 0 Å². The largest absolute Gasteiger partial charge is 0.489 e. The molecule has 90 valence electrons. The molecule has 1 aromatic rings. The van der Waals surface area contributed by atoms with Gasteiger partial charge in [-0.05, 0) is 54.0 Å². The first kappa shape index (κ1) is 12.4. The molecule has 1 aromatic carbocycles. The van der Waals surface area contributed by atoms with Crippen LogP contribution in [0.3, 0.4) is 0 Å². The van der Waals surface area contributed by atoms with Gasteiger partial charge in [0.2, 0.25) is 0 Å². The molecule has 3 nitrogen and oxygen atoms in total. The van der Waals surface area contributed by atoms with Crippen LogP contribution in [0.4, 0.5) is 0 Å². The van der Waals surface area contributed by atoms with E-state index >= 15 is 0 Å². The first-order chi connectivity index (χ1) is 8.19. The van der Waals surface area contributed by atoms with Gasteiger partial charge in [0, 0.05) is 13.1 Å². The summed E-state index contributed by atoms with van der Waals surface area (Å²) < 4.78 is 6.81. The van der Waals surface area contributed by atoms with Crippen molar-refractivity contribution in [3.63, 3.8) is 0 Å². The molecule has 1 aliphatic heterocycles. The van der Waals surface area contributed by atoms with Crippen molar-refractivity contribution in [2.75, 3.05) is 20.1 Å². The Morgan fingerprint density at radius 2 is 2.12 bits per heavy atom. The summed E-state index contributed by atoms with van der Waals surface area (Å²) in [6, 6.07) is 7.56. The van der Waals surface area contributed by atoms with Crippen LogP contribution in [-0.2, 0) is 0 Å². The van der Waals surface area contributed by atoms with E-state index in [1.54, 1.807) is 12.1 Å². The maximum absolute atomic E-state index is 8.79. The molecule has 1 heterocycles. The van der Waals surface area contributed by atoms with E-state index in [4.69, 9.17) is 10.00 Å². The molecule has 0 aromatic heterocycles. The summed E-state index contributed by atoms with van der Waals surface area (Å²) >= 11 is 3.44. The third kappa shape index (κ3) is 3.21. The summed E-state index contributed by atoms with van der Waals surface area (Å²) in [5, 5.41) is 8.79. The van der Waals surface area contributed by atoms with Gasteiger partial charge in [0.25, 0.3) is 0 Å². The van der Waals surface area contributed by atoms with E-state index < -0.39 is 0 Å². The van der Waals surface area contributed by atoms with Gasteiger partial charge in [-0.15, -0.1) is 0 Å². The van der Waals surface area contributed by atoms with Gasteiger partial charge in [-0.2, -0.15) is 5.26 Å². The van der Waals surface area contributed by atoms with Crippen LogP contribution in [0.5, 0.6) is 5.75 Å². The lowest BCUT2D eigenvalue weighted by Gasteiger charge is -2.29. The first-order valence-electron chi connectivity index (χ1n) is 5.74. The molecule has 0 bridgehead atoms. The van der Waals surface area contributed by atoms with Crippen LogP contribution in [0.2, 0.25) is 0 Å². The average Bonchev–Trinajstić information content (AvgIpc) is 2.34. The molecule has 0 unspecified atom stereocenters. The lowest BCUT2D eigenvalue weighted by molar-refractivity contribution is 0.113. The zero-order valence-corrected chi connectivity index (χ0v) is 11.4. The Morgan fingerprint density at radius 1 is 1.41 bits per heavy atom. The fourth-order valence-corrected chi connectivity index (χ4v) is 2.42. The number of benzene rings is 1. The summed E-state index contributed by atoms with van der Waals surface area (Å²) in [6.45, 7) is 2.16. The van der Waals surface area contributed by atoms with Gasteiger partial charge in [-0.3, -0.25) is 0 Å². The second kappa shape index (κ2) is 5.52. The number of hydrogen-bond acceptors (Lipinski definition) is 3. The summed E-state index contributed by atoms with van der Waals surface area (Å²) in [4.78, 5) is 2.31. The minimum Gasteiger partial charge on any atom is -0.489 e. The lowest BCUT2D eigenvalue weighted by Crippen LogP contribution is -2.35. The molecule has 0 radical (unpaired) electrons. The zero-order valence-electron chi connectivity index (χ0n) is 9.82. The summed E-state index contributed by atoms with van der Waals surface area (Å²) in [6.07, 6.45) is 2.40. The Morgan fingerprint density at radius 3 is 2.71 bits per heavy atom. The fourth-order valence-electron chi connectivity index (χ4n) is 1.95. The normalized spacial score (nSPS) is 17.7. The van der Waals surface area contributed by atoms with Gasteiger partial charge in [-0.25, -0.2) is 0 Å². The van der Waals surface area contributed by atoms with E-state index in [0.29, 0.717) is 5.56 Å². The van der Waals surface area contributed by atoms with Crippen LogP contribution in [0, 0.1) is 11.3 Å². The summed E-state index contributed by atoms with van der Waals surface area (Å²) in [7, 11) is 2.13. The van der Waals surface area contributed by atoms with Crippen LogP contribution < -0.4 is 4.74 Å². The number of rotatable bonds is 2. The fraction of sp³-hybridized carbons (Fsp3) is 0.462. The lowest BCUT2D eigenvalue weighted by atomic mass is 10.1.